The summed E-state index contributed by atoms with van der Waals surface area (Å²) in [5.41, 5.74) is 0.400. The molecule has 156 valence electrons. The molecule has 1 saturated heterocycles. The van der Waals surface area contributed by atoms with Crippen LogP contribution in [0.4, 0.5) is 4.79 Å². The number of urea groups is 1. The van der Waals surface area contributed by atoms with Gasteiger partial charge >= 0.3 is 12.0 Å². The number of carbonyl (C=O) groups excluding carboxylic acids is 1. The van der Waals surface area contributed by atoms with Gasteiger partial charge in [0.25, 0.3) is 0 Å². The van der Waals surface area contributed by atoms with Gasteiger partial charge in [-0.25, -0.2) is 4.79 Å². The Morgan fingerprint density at radius 3 is 2.37 bits per heavy atom. The van der Waals surface area contributed by atoms with Crippen LogP contribution in [0.3, 0.4) is 0 Å². The van der Waals surface area contributed by atoms with Gasteiger partial charge in [-0.1, -0.05) is 27.2 Å². The maximum absolute atomic E-state index is 12.7. The fraction of sp³-hybridized carbons (Fsp3) is 0.905. The van der Waals surface area contributed by atoms with Gasteiger partial charge in [-0.15, -0.1) is 0 Å². The predicted octanol–water partition coefficient (Wildman–Crippen LogP) is 3.56. The smallest absolute Gasteiger partial charge is 0.317 e. The molecule has 0 aromatic rings. The van der Waals surface area contributed by atoms with E-state index >= 15 is 0 Å². The maximum Gasteiger partial charge on any atom is 0.317 e. The molecule has 2 fully saturated rings. The molecule has 0 radical (unpaired) electrons. The van der Waals surface area contributed by atoms with Gasteiger partial charge in [-0.3, -0.25) is 9.69 Å². The second-order valence-corrected chi connectivity index (χ2v) is 9.22. The number of carboxylic acid groups (broad SMARTS) is 1. The van der Waals surface area contributed by atoms with Crippen LogP contribution in [0.2, 0.25) is 0 Å². The average Bonchev–Trinajstić information content (AvgIpc) is 2.88. The number of aliphatic carboxylic acids is 1. The van der Waals surface area contributed by atoms with E-state index in [9.17, 15) is 9.59 Å². The molecule has 2 amide bonds. The van der Waals surface area contributed by atoms with E-state index in [4.69, 9.17) is 5.11 Å². The molecule has 0 spiro atoms. The Morgan fingerprint density at radius 1 is 1.11 bits per heavy atom. The van der Waals surface area contributed by atoms with E-state index in [1.54, 1.807) is 0 Å². The Hall–Kier alpha value is -1.30. The quantitative estimate of drug-likeness (QED) is 0.738. The minimum atomic E-state index is -0.793. The van der Waals surface area contributed by atoms with E-state index < -0.39 is 5.97 Å². The van der Waals surface area contributed by atoms with Crippen molar-refractivity contribution in [1.29, 1.82) is 0 Å². The van der Waals surface area contributed by atoms with Crippen LogP contribution in [-0.2, 0) is 4.79 Å². The summed E-state index contributed by atoms with van der Waals surface area (Å²) in [5, 5.41) is 12.2. The monoisotopic (exact) mass is 381 g/mol. The molecular formula is C21H39N3O3. The summed E-state index contributed by atoms with van der Waals surface area (Å²) >= 11 is 0. The van der Waals surface area contributed by atoms with Crippen molar-refractivity contribution >= 4 is 12.0 Å². The Labute approximate surface area is 164 Å². The number of hydrogen-bond acceptors (Lipinski definition) is 3. The SMILES string of the molecule is CCC(C)(C)C1CCC(NC(=O)N2CCCC(N(C)CC(=O)O)CC2)CC1. The highest BCUT2D eigenvalue weighted by Crippen LogP contribution is 2.40. The summed E-state index contributed by atoms with van der Waals surface area (Å²) in [4.78, 5) is 27.5. The number of nitrogens with one attached hydrogen (secondary N) is 1. The lowest BCUT2D eigenvalue weighted by Gasteiger charge is -2.39. The molecule has 27 heavy (non-hydrogen) atoms. The number of nitrogens with zero attached hydrogens (tertiary/aromatic N) is 2. The van der Waals surface area contributed by atoms with Crippen molar-refractivity contribution < 1.29 is 14.7 Å². The molecule has 1 saturated carbocycles. The first kappa shape index (κ1) is 22.0. The van der Waals surface area contributed by atoms with Crippen molar-refractivity contribution in [1.82, 2.24) is 15.1 Å². The van der Waals surface area contributed by atoms with Crippen LogP contribution in [-0.4, -0.2) is 65.7 Å². The predicted molar refractivity (Wildman–Crippen MR) is 108 cm³/mol. The van der Waals surface area contributed by atoms with Crippen molar-refractivity contribution in [3.05, 3.63) is 0 Å². The van der Waals surface area contributed by atoms with Gasteiger partial charge in [0, 0.05) is 25.2 Å². The number of carbonyl (C=O) groups is 2. The number of amides is 2. The van der Waals surface area contributed by atoms with Gasteiger partial charge in [0.1, 0.15) is 0 Å². The summed E-state index contributed by atoms with van der Waals surface area (Å²) in [5.74, 6) is -0.0300. The number of hydrogen-bond donors (Lipinski definition) is 2. The van der Waals surface area contributed by atoms with E-state index in [-0.39, 0.29) is 18.6 Å². The van der Waals surface area contributed by atoms with Crippen molar-refractivity contribution in [2.24, 2.45) is 11.3 Å². The molecule has 0 bridgehead atoms. The topological polar surface area (TPSA) is 72.9 Å². The van der Waals surface area contributed by atoms with Gasteiger partial charge in [-0.05, 0) is 63.3 Å². The van der Waals surface area contributed by atoms with E-state index in [1.165, 1.54) is 19.3 Å². The molecule has 0 aromatic heterocycles. The minimum Gasteiger partial charge on any atom is -0.480 e. The summed E-state index contributed by atoms with van der Waals surface area (Å²) in [6, 6.07) is 0.607. The Morgan fingerprint density at radius 2 is 1.78 bits per heavy atom. The third kappa shape index (κ3) is 6.37. The molecule has 1 unspecified atom stereocenters. The lowest BCUT2D eigenvalue weighted by atomic mass is 9.69. The van der Waals surface area contributed by atoms with E-state index in [0.717, 1.165) is 44.6 Å². The molecule has 6 nitrogen and oxygen atoms in total. The van der Waals surface area contributed by atoms with Crippen LogP contribution in [0.25, 0.3) is 0 Å². The molecule has 1 aliphatic heterocycles. The Bertz CT molecular complexity index is 501. The maximum atomic E-state index is 12.7. The van der Waals surface area contributed by atoms with Crippen LogP contribution >= 0.6 is 0 Å². The molecule has 1 aliphatic carbocycles. The lowest BCUT2D eigenvalue weighted by Crippen LogP contribution is -2.47. The van der Waals surface area contributed by atoms with Crippen LogP contribution in [0, 0.1) is 11.3 Å². The molecular weight excluding hydrogens is 342 g/mol. The van der Waals surface area contributed by atoms with E-state index in [2.05, 4.69) is 26.1 Å². The average molecular weight is 382 g/mol. The van der Waals surface area contributed by atoms with Crippen LogP contribution in [0.15, 0.2) is 0 Å². The fourth-order valence-corrected chi connectivity index (χ4v) is 4.64. The Balaban J connectivity index is 1.77. The van der Waals surface area contributed by atoms with Crippen molar-refractivity contribution in [2.75, 3.05) is 26.7 Å². The number of likely N-dealkylation sites (tertiary alicyclic amines) is 1. The summed E-state index contributed by atoms with van der Waals surface area (Å²) < 4.78 is 0. The van der Waals surface area contributed by atoms with Crippen molar-refractivity contribution in [3.8, 4) is 0 Å². The standard InChI is InChI=1S/C21H39N3O3/c1-5-21(2,3)16-8-10-17(11-9-16)22-20(27)24-13-6-7-18(12-14-24)23(4)15-19(25)26/h16-18H,5-15H2,1-4H3,(H,22,27)(H,25,26). The first-order valence-corrected chi connectivity index (χ1v) is 10.7. The lowest BCUT2D eigenvalue weighted by molar-refractivity contribution is -0.138. The third-order valence-electron chi connectivity index (χ3n) is 7.06. The highest BCUT2D eigenvalue weighted by molar-refractivity contribution is 5.74. The summed E-state index contributed by atoms with van der Waals surface area (Å²) in [6.07, 6.45) is 8.50. The summed E-state index contributed by atoms with van der Waals surface area (Å²) in [6.45, 7) is 8.54. The highest BCUT2D eigenvalue weighted by atomic mass is 16.4. The summed E-state index contributed by atoms with van der Waals surface area (Å²) in [7, 11) is 1.87. The first-order chi connectivity index (χ1) is 12.7. The van der Waals surface area contributed by atoms with Crippen molar-refractivity contribution in [3.63, 3.8) is 0 Å². The van der Waals surface area contributed by atoms with Crippen LogP contribution < -0.4 is 5.32 Å². The van der Waals surface area contributed by atoms with E-state index in [0.29, 0.717) is 18.0 Å². The Kier molecular flexibility index (Phi) is 7.95. The van der Waals surface area contributed by atoms with Gasteiger partial charge in [0.2, 0.25) is 0 Å². The van der Waals surface area contributed by atoms with Gasteiger partial charge < -0.3 is 15.3 Å². The minimum absolute atomic E-state index is 0.0637. The van der Waals surface area contributed by atoms with E-state index in [1.807, 2.05) is 16.8 Å². The second-order valence-electron chi connectivity index (χ2n) is 9.22. The van der Waals surface area contributed by atoms with Gasteiger partial charge in [0.15, 0.2) is 0 Å². The van der Waals surface area contributed by atoms with Crippen molar-refractivity contribution in [2.45, 2.75) is 84.2 Å². The number of likely N-dealkylation sites (N-methyl/N-ethyl adjacent to an activating group) is 1. The second kappa shape index (κ2) is 9.76. The number of rotatable bonds is 6. The largest absolute Gasteiger partial charge is 0.480 e. The zero-order chi connectivity index (χ0) is 20.0. The normalized spacial score (nSPS) is 27.3. The first-order valence-electron chi connectivity index (χ1n) is 10.7. The molecule has 1 atom stereocenters. The van der Waals surface area contributed by atoms with Crippen LogP contribution in [0.5, 0.6) is 0 Å². The van der Waals surface area contributed by atoms with Crippen LogP contribution in [0.1, 0.15) is 72.1 Å². The third-order valence-corrected chi connectivity index (χ3v) is 7.06. The molecule has 1 heterocycles. The van der Waals surface area contributed by atoms with Gasteiger partial charge in [0.05, 0.1) is 6.54 Å². The molecule has 2 aliphatic rings. The highest BCUT2D eigenvalue weighted by Gasteiger charge is 2.33. The molecule has 0 aromatic carbocycles. The zero-order valence-electron chi connectivity index (χ0n) is 17.7. The van der Waals surface area contributed by atoms with Gasteiger partial charge in [-0.2, -0.15) is 0 Å². The fourth-order valence-electron chi connectivity index (χ4n) is 4.64. The number of carboxylic acids is 1. The molecule has 2 rings (SSSR count). The zero-order valence-corrected chi connectivity index (χ0v) is 17.7. The molecule has 6 heteroatoms. The molecule has 2 N–H and O–H groups in total.